The number of benzene rings is 8. The van der Waals surface area contributed by atoms with Gasteiger partial charge in [-0.1, -0.05) is 159 Å². The van der Waals surface area contributed by atoms with Crippen molar-refractivity contribution in [1.29, 1.82) is 0 Å². The molecular weight excluding hydrogens is 817 g/mol. The summed E-state index contributed by atoms with van der Waals surface area (Å²) in [7, 11) is 0. The van der Waals surface area contributed by atoms with Crippen LogP contribution in [0.2, 0.25) is 0 Å². The SMILES string of the molecule is CC1(C)C2=C(C=CCC=C2)c2ccc(-c3ccc4oc5c(-c6cc(-n7c8ccccc8c8ccccc87)cc(-n7c8ccccc8c8ccccc87)c6)nc(-c6ccccc6)nc5c4c3)cc21. The number of fused-ring (bicyclic) bond motifs is 11. The van der Waals surface area contributed by atoms with E-state index in [2.05, 4.69) is 211 Å². The van der Waals surface area contributed by atoms with Crippen LogP contribution in [0.3, 0.4) is 0 Å². The maximum absolute atomic E-state index is 6.98. The Balaban J connectivity index is 1.03. The van der Waals surface area contributed by atoms with Gasteiger partial charge in [-0.15, -0.1) is 0 Å². The summed E-state index contributed by atoms with van der Waals surface area (Å²) in [4.78, 5) is 10.8. The highest BCUT2D eigenvalue weighted by Gasteiger charge is 2.36. The van der Waals surface area contributed by atoms with E-state index in [-0.39, 0.29) is 5.41 Å². The molecule has 0 fully saturated rings. The minimum absolute atomic E-state index is 0.114. The Labute approximate surface area is 386 Å². The van der Waals surface area contributed by atoms with E-state index in [9.17, 15) is 0 Å². The second kappa shape index (κ2) is 14.2. The molecule has 5 nitrogen and oxygen atoms in total. The molecular formula is C62H42N4O. The summed E-state index contributed by atoms with van der Waals surface area (Å²) in [5.41, 5.74) is 18.9. The van der Waals surface area contributed by atoms with Crippen molar-refractivity contribution in [2.75, 3.05) is 0 Å². The van der Waals surface area contributed by atoms with Crippen molar-refractivity contribution < 1.29 is 4.42 Å². The van der Waals surface area contributed by atoms with Crippen LogP contribution in [0.5, 0.6) is 0 Å². The number of aromatic nitrogens is 4. The summed E-state index contributed by atoms with van der Waals surface area (Å²) < 4.78 is 11.8. The lowest BCUT2D eigenvalue weighted by Crippen LogP contribution is -2.16. The molecule has 0 atom stereocenters. The topological polar surface area (TPSA) is 48.8 Å². The molecule has 12 aromatic rings. The van der Waals surface area contributed by atoms with Crippen molar-refractivity contribution >= 4 is 71.3 Å². The average Bonchev–Trinajstić information content (AvgIpc) is 4.01. The predicted molar refractivity (Wildman–Crippen MR) is 277 cm³/mol. The Morgan fingerprint density at radius 3 is 1.66 bits per heavy atom. The molecule has 67 heavy (non-hydrogen) atoms. The third kappa shape index (κ3) is 5.61. The highest BCUT2D eigenvalue weighted by Crippen LogP contribution is 2.50. The molecule has 14 rings (SSSR count). The normalized spacial score (nSPS) is 14.3. The first kappa shape index (κ1) is 37.8. The van der Waals surface area contributed by atoms with E-state index in [0.29, 0.717) is 11.4 Å². The quantitative estimate of drug-likeness (QED) is 0.173. The highest BCUT2D eigenvalue weighted by atomic mass is 16.3. The molecule has 0 saturated carbocycles. The third-order valence-corrected chi connectivity index (χ3v) is 14.3. The molecule has 2 aliphatic rings. The van der Waals surface area contributed by atoms with Crippen LogP contribution in [0.1, 0.15) is 31.4 Å². The largest absolute Gasteiger partial charge is 0.452 e. The van der Waals surface area contributed by atoms with Gasteiger partial charge in [-0.2, -0.15) is 0 Å². The van der Waals surface area contributed by atoms with Gasteiger partial charge in [0.15, 0.2) is 11.4 Å². The van der Waals surface area contributed by atoms with Crippen LogP contribution in [-0.2, 0) is 5.41 Å². The molecule has 0 radical (unpaired) electrons. The smallest absolute Gasteiger partial charge is 0.180 e. The molecule has 0 bridgehead atoms. The van der Waals surface area contributed by atoms with Crippen LogP contribution < -0.4 is 0 Å². The predicted octanol–water partition coefficient (Wildman–Crippen LogP) is 16.1. The molecule has 0 spiro atoms. The van der Waals surface area contributed by atoms with Crippen molar-refractivity contribution in [2.24, 2.45) is 0 Å². The van der Waals surface area contributed by atoms with E-state index in [1.807, 2.05) is 18.2 Å². The fourth-order valence-corrected chi connectivity index (χ4v) is 11.2. The van der Waals surface area contributed by atoms with E-state index in [1.165, 1.54) is 49.4 Å². The second-order valence-corrected chi connectivity index (χ2v) is 18.5. The maximum Gasteiger partial charge on any atom is 0.180 e. The fraction of sp³-hybridized carbons (Fsp3) is 0.0645. The average molecular weight is 859 g/mol. The summed E-state index contributed by atoms with van der Waals surface area (Å²) in [6.07, 6.45) is 10.1. The fourth-order valence-electron chi connectivity index (χ4n) is 11.2. The molecule has 0 aliphatic heterocycles. The van der Waals surface area contributed by atoms with Crippen LogP contribution in [0.4, 0.5) is 0 Å². The Bertz CT molecular complexity index is 3910. The lowest BCUT2D eigenvalue weighted by molar-refractivity contribution is 0.654. The van der Waals surface area contributed by atoms with Crippen LogP contribution in [-0.4, -0.2) is 19.1 Å². The summed E-state index contributed by atoms with van der Waals surface area (Å²) in [6.45, 7) is 4.70. The summed E-state index contributed by atoms with van der Waals surface area (Å²) in [6, 6.07) is 65.5. The van der Waals surface area contributed by atoms with Crippen molar-refractivity contribution in [1.82, 2.24) is 19.1 Å². The number of rotatable bonds is 5. The highest BCUT2D eigenvalue weighted by molar-refractivity contribution is 6.12. The maximum atomic E-state index is 6.98. The Morgan fingerprint density at radius 1 is 0.478 bits per heavy atom. The van der Waals surface area contributed by atoms with Crippen LogP contribution in [0, 0.1) is 0 Å². The van der Waals surface area contributed by atoms with Gasteiger partial charge in [0, 0.05) is 54.8 Å². The molecule has 8 aromatic carbocycles. The molecule has 0 saturated heterocycles. The van der Waals surface area contributed by atoms with Crippen molar-refractivity contribution in [3.05, 3.63) is 223 Å². The van der Waals surface area contributed by atoms with Gasteiger partial charge >= 0.3 is 0 Å². The van der Waals surface area contributed by atoms with E-state index < -0.39 is 0 Å². The minimum atomic E-state index is -0.114. The van der Waals surface area contributed by atoms with Gasteiger partial charge in [-0.3, -0.25) is 0 Å². The van der Waals surface area contributed by atoms with E-state index in [0.717, 1.165) is 78.7 Å². The molecule has 4 aromatic heterocycles. The molecule has 4 heterocycles. The Hall–Kier alpha value is -8.54. The van der Waals surface area contributed by atoms with Gasteiger partial charge in [0.1, 0.15) is 16.8 Å². The Kier molecular flexibility index (Phi) is 8.03. The van der Waals surface area contributed by atoms with Gasteiger partial charge in [-0.25, -0.2) is 9.97 Å². The second-order valence-electron chi connectivity index (χ2n) is 18.5. The summed E-state index contributed by atoms with van der Waals surface area (Å²) in [5.74, 6) is 0.643. The molecule has 2 aliphatic carbocycles. The van der Waals surface area contributed by atoms with Crippen LogP contribution in [0.15, 0.2) is 216 Å². The molecule has 316 valence electrons. The number of allylic oxidation sites excluding steroid dienone is 6. The Morgan fingerprint density at radius 2 is 1.03 bits per heavy atom. The lowest BCUT2D eigenvalue weighted by atomic mass is 9.80. The monoisotopic (exact) mass is 858 g/mol. The first-order valence-corrected chi connectivity index (χ1v) is 23.1. The van der Waals surface area contributed by atoms with E-state index >= 15 is 0 Å². The van der Waals surface area contributed by atoms with Crippen molar-refractivity contribution in [2.45, 2.75) is 25.7 Å². The van der Waals surface area contributed by atoms with Gasteiger partial charge in [-0.05, 0) is 100 Å². The number of furan rings is 1. The molecule has 5 heteroatoms. The molecule has 0 amide bonds. The van der Waals surface area contributed by atoms with Gasteiger partial charge in [0.2, 0.25) is 0 Å². The standard InChI is InChI=1S/C62H42N4O/c1-62(2)51-24-8-4-7-19-44(51)45-31-29-40(36-52(45)62)39-30-32-57-50(35-39)59-60(67-57)58(63-61(64-59)38-17-5-3-6-18-38)41-33-42(65-53-25-13-9-20-46(53)47-21-10-14-26-54(47)65)37-43(34-41)66-55-27-15-11-22-48(55)49-23-12-16-28-56(49)66/h3,5-37H,4H2,1-2H3. The first-order valence-electron chi connectivity index (χ1n) is 23.1. The van der Waals surface area contributed by atoms with Gasteiger partial charge < -0.3 is 13.6 Å². The lowest BCUT2D eigenvalue weighted by Gasteiger charge is -2.23. The zero-order chi connectivity index (χ0) is 44.4. The van der Waals surface area contributed by atoms with Crippen LogP contribution >= 0.6 is 0 Å². The first-order chi connectivity index (χ1) is 33.0. The summed E-state index contributed by atoms with van der Waals surface area (Å²) in [5, 5.41) is 5.78. The zero-order valence-corrected chi connectivity index (χ0v) is 37.0. The van der Waals surface area contributed by atoms with Gasteiger partial charge in [0.25, 0.3) is 0 Å². The number of hydrogen-bond acceptors (Lipinski definition) is 3. The van der Waals surface area contributed by atoms with Crippen LogP contribution in [0.25, 0.3) is 116 Å². The van der Waals surface area contributed by atoms with E-state index in [4.69, 9.17) is 14.4 Å². The third-order valence-electron chi connectivity index (χ3n) is 14.3. The van der Waals surface area contributed by atoms with Gasteiger partial charge in [0.05, 0.1) is 22.1 Å². The van der Waals surface area contributed by atoms with Crippen molar-refractivity contribution in [3.63, 3.8) is 0 Å². The number of nitrogens with zero attached hydrogens (tertiary/aromatic N) is 4. The minimum Gasteiger partial charge on any atom is -0.452 e. The van der Waals surface area contributed by atoms with E-state index in [1.54, 1.807) is 0 Å². The van der Waals surface area contributed by atoms with Crippen molar-refractivity contribution in [3.8, 4) is 45.1 Å². The molecule has 0 N–H and O–H groups in total. The molecule has 0 unspecified atom stereocenters. The zero-order valence-electron chi connectivity index (χ0n) is 37.0. The number of hydrogen-bond donors (Lipinski definition) is 0. The number of para-hydroxylation sites is 4. The summed E-state index contributed by atoms with van der Waals surface area (Å²) >= 11 is 0.